The van der Waals surface area contributed by atoms with Gasteiger partial charge in [-0.1, -0.05) is 78.4 Å². The summed E-state index contributed by atoms with van der Waals surface area (Å²) in [4.78, 5) is 0. The van der Waals surface area contributed by atoms with Crippen LogP contribution in [0.1, 0.15) is 17.9 Å². The standard InChI is InChI=1S/C19H23ClSi/c1-4-8-17(16-11-13-18(20)14-12-16)15-21(2,3)19-9-6-5-7-10-19/h4-7,9-14,17H,1,8,15H2,2-3H3. The Morgan fingerprint density at radius 2 is 1.67 bits per heavy atom. The van der Waals surface area contributed by atoms with Crippen molar-refractivity contribution in [3.05, 3.63) is 77.8 Å². The Morgan fingerprint density at radius 1 is 1.05 bits per heavy atom. The van der Waals surface area contributed by atoms with Crippen LogP contribution in [0.5, 0.6) is 0 Å². The van der Waals surface area contributed by atoms with E-state index >= 15 is 0 Å². The van der Waals surface area contributed by atoms with Gasteiger partial charge in [0.15, 0.2) is 0 Å². The number of benzene rings is 2. The lowest BCUT2D eigenvalue weighted by Crippen LogP contribution is -2.42. The van der Waals surface area contributed by atoms with Gasteiger partial charge in [0.05, 0.1) is 8.07 Å². The predicted octanol–water partition coefficient (Wildman–Crippen LogP) is 5.62. The molecule has 0 aliphatic rings. The van der Waals surface area contributed by atoms with E-state index in [0.717, 1.165) is 11.4 Å². The topological polar surface area (TPSA) is 0 Å². The first-order chi connectivity index (χ1) is 10.0. The van der Waals surface area contributed by atoms with Crippen LogP contribution in [-0.2, 0) is 0 Å². The monoisotopic (exact) mass is 314 g/mol. The molecule has 0 radical (unpaired) electrons. The van der Waals surface area contributed by atoms with Gasteiger partial charge in [-0.25, -0.2) is 0 Å². The smallest absolute Gasteiger partial charge is 0.0812 e. The van der Waals surface area contributed by atoms with Crippen LogP contribution in [0.2, 0.25) is 24.2 Å². The third kappa shape index (κ3) is 4.32. The fourth-order valence-corrected chi connectivity index (χ4v) is 5.99. The Hall–Kier alpha value is -1.31. The van der Waals surface area contributed by atoms with Crippen LogP contribution >= 0.6 is 11.6 Å². The van der Waals surface area contributed by atoms with E-state index in [0.29, 0.717) is 5.92 Å². The van der Waals surface area contributed by atoms with E-state index in [1.807, 2.05) is 18.2 Å². The molecule has 2 heteroatoms. The summed E-state index contributed by atoms with van der Waals surface area (Å²) in [7, 11) is -1.46. The molecule has 1 atom stereocenters. The minimum Gasteiger partial charge on any atom is -0.103 e. The second kappa shape index (κ2) is 7.10. The molecular formula is C19H23ClSi. The van der Waals surface area contributed by atoms with Crippen molar-refractivity contribution in [2.24, 2.45) is 0 Å². The molecule has 0 aliphatic carbocycles. The van der Waals surface area contributed by atoms with E-state index in [4.69, 9.17) is 11.6 Å². The molecule has 0 heterocycles. The Kier molecular flexibility index (Phi) is 5.43. The van der Waals surface area contributed by atoms with Crippen LogP contribution in [0.25, 0.3) is 0 Å². The zero-order valence-electron chi connectivity index (χ0n) is 12.9. The molecule has 0 amide bonds. The quantitative estimate of drug-likeness (QED) is 0.480. The molecule has 0 N–H and O–H groups in total. The van der Waals surface area contributed by atoms with Gasteiger partial charge >= 0.3 is 0 Å². The molecule has 0 fully saturated rings. The summed E-state index contributed by atoms with van der Waals surface area (Å²) in [6.07, 6.45) is 3.06. The van der Waals surface area contributed by atoms with Crippen LogP contribution in [0.4, 0.5) is 0 Å². The Bertz CT molecular complexity index is 572. The Labute approximate surface area is 134 Å². The Morgan fingerprint density at radius 3 is 2.24 bits per heavy atom. The summed E-state index contributed by atoms with van der Waals surface area (Å²) in [5.74, 6) is 0.529. The summed E-state index contributed by atoms with van der Waals surface area (Å²) in [6, 6.07) is 20.5. The highest BCUT2D eigenvalue weighted by atomic mass is 35.5. The van der Waals surface area contributed by atoms with Crippen LogP contribution in [0.15, 0.2) is 67.3 Å². The van der Waals surface area contributed by atoms with Crippen LogP contribution < -0.4 is 5.19 Å². The zero-order valence-corrected chi connectivity index (χ0v) is 14.6. The lowest BCUT2D eigenvalue weighted by molar-refractivity contribution is 0.768. The van der Waals surface area contributed by atoms with E-state index in [9.17, 15) is 0 Å². The first-order valence-electron chi connectivity index (χ1n) is 7.45. The third-order valence-corrected chi connectivity index (χ3v) is 7.77. The van der Waals surface area contributed by atoms with Crippen LogP contribution in [0, 0.1) is 0 Å². The number of hydrogen-bond acceptors (Lipinski definition) is 0. The van der Waals surface area contributed by atoms with E-state index in [2.05, 4.69) is 62.1 Å². The van der Waals surface area contributed by atoms with E-state index in [1.165, 1.54) is 16.8 Å². The van der Waals surface area contributed by atoms with Gasteiger partial charge in [0, 0.05) is 5.02 Å². The normalized spacial score (nSPS) is 12.9. The SMILES string of the molecule is C=CCC(C[Si](C)(C)c1ccccc1)c1ccc(Cl)cc1. The molecule has 2 rings (SSSR count). The molecule has 0 spiro atoms. The van der Waals surface area contributed by atoms with E-state index in [-0.39, 0.29) is 0 Å². The second-order valence-corrected chi connectivity index (χ2v) is 11.4. The molecule has 0 bridgehead atoms. The van der Waals surface area contributed by atoms with Crippen molar-refractivity contribution in [3.8, 4) is 0 Å². The van der Waals surface area contributed by atoms with Gasteiger partial charge < -0.3 is 0 Å². The van der Waals surface area contributed by atoms with Gasteiger partial charge in [-0.15, -0.1) is 6.58 Å². The largest absolute Gasteiger partial charge is 0.103 e. The maximum atomic E-state index is 6.01. The van der Waals surface area contributed by atoms with Gasteiger partial charge in [-0.2, -0.15) is 0 Å². The highest BCUT2D eigenvalue weighted by Gasteiger charge is 2.27. The molecule has 2 aromatic rings. The highest BCUT2D eigenvalue weighted by Crippen LogP contribution is 2.30. The van der Waals surface area contributed by atoms with E-state index in [1.54, 1.807) is 0 Å². The van der Waals surface area contributed by atoms with Gasteiger partial charge in [0.25, 0.3) is 0 Å². The molecule has 0 saturated heterocycles. The molecule has 21 heavy (non-hydrogen) atoms. The fraction of sp³-hybridized carbons (Fsp3) is 0.263. The van der Waals surface area contributed by atoms with Crippen molar-refractivity contribution in [2.75, 3.05) is 0 Å². The minimum atomic E-state index is -1.46. The van der Waals surface area contributed by atoms with Crippen LogP contribution in [-0.4, -0.2) is 8.07 Å². The molecule has 1 unspecified atom stereocenters. The van der Waals surface area contributed by atoms with Crippen molar-refractivity contribution in [1.82, 2.24) is 0 Å². The number of hydrogen-bond donors (Lipinski definition) is 0. The van der Waals surface area contributed by atoms with Crippen LogP contribution in [0.3, 0.4) is 0 Å². The zero-order chi connectivity index (χ0) is 15.3. The van der Waals surface area contributed by atoms with Crippen molar-refractivity contribution in [3.63, 3.8) is 0 Å². The summed E-state index contributed by atoms with van der Waals surface area (Å²) >= 11 is 6.01. The highest BCUT2D eigenvalue weighted by molar-refractivity contribution is 6.89. The van der Waals surface area contributed by atoms with Crippen molar-refractivity contribution >= 4 is 24.9 Å². The molecule has 0 nitrogen and oxygen atoms in total. The second-order valence-electron chi connectivity index (χ2n) is 6.23. The van der Waals surface area contributed by atoms with Gasteiger partial charge in [0.1, 0.15) is 0 Å². The van der Waals surface area contributed by atoms with Crippen molar-refractivity contribution in [1.29, 1.82) is 0 Å². The fourth-order valence-electron chi connectivity index (χ4n) is 2.90. The van der Waals surface area contributed by atoms with Crippen molar-refractivity contribution < 1.29 is 0 Å². The first-order valence-corrected chi connectivity index (χ1v) is 11.0. The number of halogens is 1. The molecule has 0 aromatic heterocycles. The van der Waals surface area contributed by atoms with Gasteiger partial charge in [0.2, 0.25) is 0 Å². The lowest BCUT2D eigenvalue weighted by Gasteiger charge is -2.28. The Balaban J connectivity index is 2.23. The number of allylic oxidation sites excluding steroid dienone is 1. The first kappa shape index (κ1) is 16.1. The average molecular weight is 315 g/mol. The lowest BCUT2D eigenvalue weighted by atomic mass is 9.98. The summed E-state index contributed by atoms with van der Waals surface area (Å²) in [5, 5.41) is 2.32. The van der Waals surface area contributed by atoms with Crippen molar-refractivity contribution in [2.45, 2.75) is 31.5 Å². The minimum absolute atomic E-state index is 0.529. The summed E-state index contributed by atoms with van der Waals surface area (Å²) in [6.45, 7) is 8.84. The molecular weight excluding hydrogens is 292 g/mol. The number of rotatable bonds is 6. The summed E-state index contributed by atoms with van der Waals surface area (Å²) in [5.41, 5.74) is 1.37. The maximum Gasteiger partial charge on any atom is 0.0812 e. The third-order valence-electron chi connectivity index (χ3n) is 4.10. The summed E-state index contributed by atoms with van der Waals surface area (Å²) < 4.78 is 0. The predicted molar refractivity (Wildman–Crippen MR) is 97.4 cm³/mol. The van der Waals surface area contributed by atoms with Gasteiger partial charge in [-0.05, 0) is 36.1 Å². The maximum absolute atomic E-state index is 6.01. The molecule has 110 valence electrons. The molecule has 0 saturated carbocycles. The van der Waals surface area contributed by atoms with Gasteiger partial charge in [-0.3, -0.25) is 0 Å². The van der Waals surface area contributed by atoms with E-state index < -0.39 is 8.07 Å². The average Bonchev–Trinajstić information content (AvgIpc) is 2.48. The molecule has 0 aliphatic heterocycles. The molecule has 2 aromatic carbocycles.